The third-order valence-corrected chi connectivity index (χ3v) is 3.11. The number of nitrogens with one attached hydrogen (secondary N) is 3. The molecule has 0 aromatic heterocycles. The van der Waals surface area contributed by atoms with Gasteiger partial charge in [0.15, 0.2) is 5.96 Å². The van der Waals surface area contributed by atoms with E-state index in [-0.39, 0.29) is 5.91 Å². The van der Waals surface area contributed by atoms with Gasteiger partial charge in [-0.3, -0.25) is 9.79 Å². The third kappa shape index (κ3) is 7.67. The van der Waals surface area contributed by atoms with Crippen LogP contribution in [0.2, 0.25) is 0 Å². The highest BCUT2D eigenvalue weighted by atomic mass is 16.1. The van der Waals surface area contributed by atoms with Gasteiger partial charge in [-0.1, -0.05) is 25.5 Å². The van der Waals surface area contributed by atoms with Gasteiger partial charge >= 0.3 is 0 Å². The van der Waals surface area contributed by atoms with Crippen LogP contribution in [-0.2, 0) is 11.2 Å². The molecule has 0 saturated heterocycles. The van der Waals surface area contributed by atoms with E-state index in [1.807, 2.05) is 24.3 Å². The van der Waals surface area contributed by atoms with Gasteiger partial charge in [0.05, 0.1) is 0 Å². The summed E-state index contributed by atoms with van der Waals surface area (Å²) in [6, 6.07) is 7.93. The fourth-order valence-corrected chi connectivity index (χ4v) is 1.97. The summed E-state index contributed by atoms with van der Waals surface area (Å²) in [6.07, 6.45) is 3.18. The summed E-state index contributed by atoms with van der Waals surface area (Å²) in [5, 5.41) is 9.36. The Hall–Kier alpha value is -2.04. The van der Waals surface area contributed by atoms with E-state index < -0.39 is 0 Å². The molecule has 0 saturated carbocycles. The second kappa shape index (κ2) is 10.7. The van der Waals surface area contributed by atoms with Crippen LogP contribution in [0.4, 0.5) is 5.69 Å². The summed E-state index contributed by atoms with van der Waals surface area (Å²) in [7, 11) is 0. The maximum Gasteiger partial charge on any atom is 0.221 e. The summed E-state index contributed by atoms with van der Waals surface area (Å²) in [6.45, 7) is 8.30. The Kier molecular flexibility index (Phi) is 8.72. The van der Waals surface area contributed by atoms with Crippen LogP contribution in [0.1, 0.15) is 39.2 Å². The molecule has 1 aromatic carbocycles. The van der Waals surface area contributed by atoms with Crippen molar-refractivity contribution in [1.82, 2.24) is 10.6 Å². The lowest BCUT2D eigenvalue weighted by Gasteiger charge is -2.11. The van der Waals surface area contributed by atoms with Gasteiger partial charge in [-0.05, 0) is 37.5 Å². The summed E-state index contributed by atoms with van der Waals surface area (Å²) < 4.78 is 0. The first kappa shape index (κ1) is 18.0. The fraction of sp³-hybridized carbons (Fsp3) is 0.529. The van der Waals surface area contributed by atoms with Crippen LogP contribution >= 0.6 is 0 Å². The van der Waals surface area contributed by atoms with Crippen LogP contribution in [0.15, 0.2) is 29.3 Å². The molecule has 0 aliphatic carbocycles. The lowest BCUT2D eigenvalue weighted by atomic mass is 10.1. The quantitative estimate of drug-likeness (QED) is 0.393. The number of nitrogens with zero attached hydrogens (tertiary/aromatic N) is 1. The molecule has 1 rings (SSSR count). The first-order chi connectivity index (χ1) is 10.7. The van der Waals surface area contributed by atoms with E-state index in [1.54, 1.807) is 0 Å². The molecule has 1 amide bonds. The number of carbonyl (C=O) groups excluding carboxylic acids is 1. The predicted molar refractivity (Wildman–Crippen MR) is 93.3 cm³/mol. The van der Waals surface area contributed by atoms with E-state index in [1.165, 1.54) is 12.5 Å². The van der Waals surface area contributed by atoms with Gasteiger partial charge in [0.25, 0.3) is 0 Å². The van der Waals surface area contributed by atoms with Gasteiger partial charge in [0.2, 0.25) is 5.91 Å². The van der Waals surface area contributed by atoms with Crippen molar-refractivity contribution in [2.75, 3.05) is 25.0 Å². The van der Waals surface area contributed by atoms with Crippen LogP contribution in [0.25, 0.3) is 0 Å². The molecule has 5 heteroatoms. The summed E-state index contributed by atoms with van der Waals surface area (Å²) in [4.78, 5) is 15.5. The van der Waals surface area contributed by atoms with Crippen molar-refractivity contribution < 1.29 is 4.79 Å². The van der Waals surface area contributed by atoms with E-state index in [9.17, 15) is 4.79 Å². The zero-order valence-electron chi connectivity index (χ0n) is 13.9. The van der Waals surface area contributed by atoms with Gasteiger partial charge in [0.1, 0.15) is 0 Å². The molecular weight excluding hydrogens is 276 g/mol. The highest BCUT2D eigenvalue weighted by Gasteiger charge is 1.99. The Morgan fingerprint density at radius 1 is 1.14 bits per heavy atom. The lowest BCUT2D eigenvalue weighted by molar-refractivity contribution is -0.114. The van der Waals surface area contributed by atoms with Crippen LogP contribution in [0.5, 0.6) is 0 Å². The Morgan fingerprint density at radius 3 is 2.45 bits per heavy atom. The van der Waals surface area contributed by atoms with Gasteiger partial charge in [-0.15, -0.1) is 0 Å². The minimum Gasteiger partial charge on any atom is -0.357 e. The Bertz CT molecular complexity index is 468. The standard InChI is InChI=1S/C17H28N4O/c1-4-6-12-19-17(18-5-2)20-13-11-15-7-9-16(10-8-15)21-14(3)22/h7-10H,4-6,11-13H2,1-3H3,(H,21,22)(H2,18,19,20). The number of benzene rings is 1. The molecule has 0 spiro atoms. The van der Waals surface area contributed by atoms with Crippen LogP contribution < -0.4 is 16.0 Å². The Labute approximate surface area is 133 Å². The molecule has 5 nitrogen and oxygen atoms in total. The van der Waals surface area contributed by atoms with Crippen LogP contribution in [-0.4, -0.2) is 31.5 Å². The summed E-state index contributed by atoms with van der Waals surface area (Å²) in [5.41, 5.74) is 2.06. The zero-order chi connectivity index (χ0) is 16.2. The highest BCUT2D eigenvalue weighted by molar-refractivity contribution is 5.88. The number of anilines is 1. The summed E-state index contributed by atoms with van der Waals surface area (Å²) >= 11 is 0. The second-order valence-electron chi connectivity index (χ2n) is 5.17. The van der Waals surface area contributed by atoms with Gasteiger partial charge in [0, 0.05) is 32.2 Å². The minimum atomic E-state index is -0.0482. The van der Waals surface area contributed by atoms with Crippen molar-refractivity contribution in [1.29, 1.82) is 0 Å². The molecule has 0 bridgehead atoms. The lowest BCUT2D eigenvalue weighted by Crippen LogP contribution is -2.38. The first-order valence-electron chi connectivity index (χ1n) is 8.04. The Morgan fingerprint density at radius 2 is 1.86 bits per heavy atom. The molecule has 22 heavy (non-hydrogen) atoms. The molecule has 0 heterocycles. The number of aliphatic imine (C=N–C) groups is 1. The molecule has 0 aliphatic rings. The summed E-state index contributed by atoms with van der Waals surface area (Å²) in [5.74, 6) is 0.832. The molecule has 3 N–H and O–H groups in total. The van der Waals surface area contributed by atoms with E-state index >= 15 is 0 Å². The average molecular weight is 304 g/mol. The Balaban J connectivity index is 2.40. The fourth-order valence-electron chi connectivity index (χ4n) is 1.97. The maximum atomic E-state index is 11.0. The SMILES string of the molecule is CCCCN=C(NCC)NCCc1ccc(NC(C)=O)cc1. The number of hydrogen-bond donors (Lipinski definition) is 3. The van der Waals surface area contributed by atoms with E-state index in [4.69, 9.17) is 0 Å². The van der Waals surface area contributed by atoms with Gasteiger partial charge in [-0.2, -0.15) is 0 Å². The average Bonchev–Trinajstić information content (AvgIpc) is 2.49. The van der Waals surface area contributed by atoms with E-state index in [0.717, 1.165) is 50.5 Å². The normalized spacial score (nSPS) is 11.1. The van der Waals surface area contributed by atoms with Crippen LogP contribution in [0.3, 0.4) is 0 Å². The first-order valence-corrected chi connectivity index (χ1v) is 8.04. The molecule has 0 atom stereocenters. The smallest absolute Gasteiger partial charge is 0.221 e. The predicted octanol–water partition coefficient (Wildman–Crippen LogP) is 2.54. The monoisotopic (exact) mass is 304 g/mol. The van der Waals surface area contributed by atoms with Gasteiger partial charge in [-0.25, -0.2) is 0 Å². The number of rotatable bonds is 8. The van der Waals surface area contributed by atoms with Crippen molar-refractivity contribution in [3.05, 3.63) is 29.8 Å². The number of amides is 1. The molecule has 0 aliphatic heterocycles. The number of carbonyl (C=O) groups is 1. The van der Waals surface area contributed by atoms with E-state index in [0.29, 0.717) is 0 Å². The van der Waals surface area contributed by atoms with E-state index in [2.05, 4.69) is 34.8 Å². The van der Waals surface area contributed by atoms with Crippen molar-refractivity contribution >= 4 is 17.6 Å². The van der Waals surface area contributed by atoms with Crippen molar-refractivity contribution in [3.63, 3.8) is 0 Å². The van der Waals surface area contributed by atoms with Crippen molar-refractivity contribution in [3.8, 4) is 0 Å². The molecule has 0 fully saturated rings. The third-order valence-electron chi connectivity index (χ3n) is 3.11. The number of hydrogen-bond acceptors (Lipinski definition) is 2. The largest absolute Gasteiger partial charge is 0.357 e. The van der Waals surface area contributed by atoms with Gasteiger partial charge < -0.3 is 16.0 Å². The maximum absolute atomic E-state index is 11.0. The van der Waals surface area contributed by atoms with Crippen molar-refractivity contribution in [2.45, 2.75) is 40.0 Å². The minimum absolute atomic E-state index is 0.0482. The van der Waals surface area contributed by atoms with Crippen LogP contribution in [0, 0.1) is 0 Å². The zero-order valence-corrected chi connectivity index (χ0v) is 13.9. The topological polar surface area (TPSA) is 65.5 Å². The molecular formula is C17H28N4O. The second-order valence-corrected chi connectivity index (χ2v) is 5.17. The molecule has 1 aromatic rings. The van der Waals surface area contributed by atoms with Crippen molar-refractivity contribution in [2.24, 2.45) is 4.99 Å². The highest BCUT2D eigenvalue weighted by Crippen LogP contribution is 2.09. The number of unbranched alkanes of at least 4 members (excludes halogenated alkanes) is 1. The molecule has 0 unspecified atom stereocenters. The number of guanidine groups is 1. The molecule has 122 valence electrons. The molecule has 0 radical (unpaired) electrons.